The lowest BCUT2D eigenvalue weighted by molar-refractivity contribution is 0.460. The summed E-state index contributed by atoms with van der Waals surface area (Å²) < 4.78 is 5.69. The summed E-state index contributed by atoms with van der Waals surface area (Å²) in [6.07, 6.45) is 1.51. The van der Waals surface area contributed by atoms with E-state index in [1.165, 1.54) is 6.20 Å². The lowest BCUT2D eigenvalue weighted by Gasteiger charge is -2.19. The van der Waals surface area contributed by atoms with Crippen molar-refractivity contribution >= 4 is 11.6 Å². The molecular formula is C16H15ClN2O. The first kappa shape index (κ1) is 14.4. The van der Waals surface area contributed by atoms with Crippen LogP contribution in [0.1, 0.15) is 31.9 Å². The van der Waals surface area contributed by atoms with E-state index in [0.717, 1.165) is 5.56 Å². The van der Waals surface area contributed by atoms with Gasteiger partial charge in [0.2, 0.25) is 5.88 Å². The van der Waals surface area contributed by atoms with Crippen LogP contribution >= 0.6 is 11.6 Å². The summed E-state index contributed by atoms with van der Waals surface area (Å²) in [5.41, 5.74) is 1.54. The van der Waals surface area contributed by atoms with Gasteiger partial charge in [0.15, 0.2) is 0 Å². The van der Waals surface area contributed by atoms with E-state index in [1.54, 1.807) is 6.07 Å². The third kappa shape index (κ3) is 3.09. The van der Waals surface area contributed by atoms with Crippen LogP contribution in [0.5, 0.6) is 11.6 Å². The Hall–Kier alpha value is -2.05. The number of pyridine rings is 1. The average Bonchev–Trinajstić information content (AvgIpc) is 2.40. The normalized spacial score (nSPS) is 10.9. The Morgan fingerprint density at radius 1 is 1.25 bits per heavy atom. The van der Waals surface area contributed by atoms with Crippen molar-refractivity contribution < 1.29 is 4.74 Å². The maximum Gasteiger partial charge on any atom is 0.239 e. The summed E-state index contributed by atoms with van der Waals surface area (Å²) in [6, 6.07) is 11.3. The maximum atomic E-state index is 8.94. The van der Waals surface area contributed by atoms with Gasteiger partial charge in [-0.05, 0) is 29.2 Å². The number of hydrogen-bond donors (Lipinski definition) is 0. The van der Waals surface area contributed by atoms with Crippen LogP contribution < -0.4 is 4.74 Å². The van der Waals surface area contributed by atoms with Crippen LogP contribution in [-0.2, 0) is 5.41 Å². The molecule has 0 aliphatic heterocycles. The van der Waals surface area contributed by atoms with Gasteiger partial charge < -0.3 is 4.74 Å². The van der Waals surface area contributed by atoms with E-state index >= 15 is 0 Å². The molecule has 2 rings (SSSR count). The van der Waals surface area contributed by atoms with Gasteiger partial charge in [0.25, 0.3) is 0 Å². The predicted molar refractivity (Wildman–Crippen MR) is 79.2 cm³/mol. The summed E-state index contributed by atoms with van der Waals surface area (Å²) in [7, 11) is 0. The molecule has 20 heavy (non-hydrogen) atoms. The van der Waals surface area contributed by atoms with Gasteiger partial charge in [0, 0.05) is 6.20 Å². The van der Waals surface area contributed by atoms with Gasteiger partial charge in [-0.2, -0.15) is 5.26 Å². The van der Waals surface area contributed by atoms with Crippen LogP contribution in [0, 0.1) is 11.3 Å². The monoisotopic (exact) mass is 286 g/mol. The molecule has 0 atom stereocenters. The third-order valence-corrected chi connectivity index (χ3v) is 3.26. The first-order valence-corrected chi connectivity index (χ1v) is 6.62. The third-order valence-electron chi connectivity index (χ3n) is 2.89. The zero-order valence-corrected chi connectivity index (χ0v) is 12.4. The molecule has 0 N–H and O–H groups in total. The summed E-state index contributed by atoms with van der Waals surface area (Å²) >= 11 is 6.08. The van der Waals surface area contributed by atoms with Crippen LogP contribution in [0.4, 0.5) is 0 Å². The van der Waals surface area contributed by atoms with E-state index in [2.05, 4.69) is 25.8 Å². The predicted octanol–water partition coefficient (Wildman–Crippen LogP) is 4.70. The topological polar surface area (TPSA) is 45.9 Å². The Morgan fingerprint density at radius 2 is 2.00 bits per heavy atom. The molecule has 102 valence electrons. The van der Waals surface area contributed by atoms with Crippen LogP contribution in [-0.4, -0.2) is 4.98 Å². The zero-order valence-electron chi connectivity index (χ0n) is 11.6. The number of nitriles is 1. The molecule has 0 unspecified atom stereocenters. The van der Waals surface area contributed by atoms with Crippen LogP contribution in [0.25, 0.3) is 0 Å². The second-order valence-electron chi connectivity index (χ2n) is 5.47. The number of rotatable bonds is 2. The Balaban J connectivity index is 2.34. The Morgan fingerprint density at radius 3 is 2.65 bits per heavy atom. The fourth-order valence-electron chi connectivity index (χ4n) is 1.72. The highest BCUT2D eigenvalue weighted by atomic mass is 35.5. The van der Waals surface area contributed by atoms with Crippen molar-refractivity contribution in [2.24, 2.45) is 0 Å². The molecule has 4 heteroatoms. The molecule has 0 saturated heterocycles. The van der Waals surface area contributed by atoms with E-state index in [9.17, 15) is 0 Å². The molecule has 0 saturated carbocycles. The molecule has 3 nitrogen and oxygen atoms in total. The molecule has 0 fully saturated rings. The zero-order chi connectivity index (χ0) is 14.8. The fourth-order valence-corrected chi connectivity index (χ4v) is 1.91. The van der Waals surface area contributed by atoms with E-state index in [0.29, 0.717) is 11.3 Å². The van der Waals surface area contributed by atoms with Crippen molar-refractivity contribution in [1.82, 2.24) is 4.98 Å². The largest absolute Gasteiger partial charge is 0.437 e. The molecule has 0 aliphatic rings. The summed E-state index contributed by atoms with van der Waals surface area (Å²) in [4.78, 5) is 4.07. The van der Waals surface area contributed by atoms with Gasteiger partial charge in [-0.3, -0.25) is 0 Å². The second kappa shape index (κ2) is 5.52. The van der Waals surface area contributed by atoms with Crippen LogP contribution in [0.2, 0.25) is 5.02 Å². The van der Waals surface area contributed by atoms with E-state index in [1.807, 2.05) is 30.3 Å². The molecule has 0 bridgehead atoms. The second-order valence-corrected chi connectivity index (χ2v) is 5.85. The molecule has 0 aliphatic carbocycles. The highest BCUT2D eigenvalue weighted by molar-refractivity contribution is 6.33. The Bertz CT molecular complexity index is 669. The minimum absolute atomic E-state index is 0.0328. The molecule has 2 aromatic rings. The first-order valence-electron chi connectivity index (χ1n) is 6.25. The van der Waals surface area contributed by atoms with E-state index in [4.69, 9.17) is 21.6 Å². The van der Waals surface area contributed by atoms with Gasteiger partial charge in [-0.1, -0.05) is 44.5 Å². The van der Waals surface area contributed by atoms with E-state index in [-0.39, 0.29) is 16.3 Å². The SMILES string of the molecule is CC(C)(C)c1cccc(Oc2nccc(C#N)c2Cl)c1. The molecule has 1 aromatic carbocycles. The molecule has 0 radical (unpaired) electrons. The first-order chi connectivity index (χ1) is 9.41. The van der Waals surface area contributed by atoms with Crippen molar-refractivity contribution in [3.63, 3.8) is 0 Å². The number of benzene rings is 1. The van der Waals surface area contributed by atoms with Crippen molar-refractivity contribution in [3.8, 4) is 17.7 Å². The average molecular weight is 287 g/mol. The van der Waals surface area contributed by atoms with Crippen LogP contribution in [0.3, 0.4) is 0 Å². The number of ether oxygens (including phenoxy) is 1. The van der Waals surface area contributed by atoms with Crippen LogP contribution in [0.15, 0.2) is 36.5 Å². The standard InChI is InChI=1S/C16H15ClN2O/c1-16(2,3)12-5-4-6-13(9-12)20-15-14(17)11(10-18)7-8-19-15/h4-9H,1-3H3. The maximum absolute atomic E-state index is 8.94. The van der Waals surface area contributed by atoms with Gasteiger partial charge in [-0.15, -0.1) is 0 Å². The summed E-state index contributed by atoms with van der Waals surface area (Å²) in [5.74, 6) is 0.902. The molecular weight excluding hydrogens is 272 g/mol. The number of aromatic nitrogens is 1. The molecule has 1 aromatic heterocycles. The fraction of sp³-hybridized carbons (Fsp3) is 0.250. The number of halogens is 1. The minimum atomic E-state index is 0.0328. The number of hydrogen-bond acceptors (Lipinski definition) is 3. The minimum Gasteiger partial charge on any atom is -0.437 e. The molecule has 0 spiro atoms. The number of nitrogens with zero attached hydrogens (tertiary/aromatic N) is 2. The quantitative estimate of drug-likeness (QED) is 0.804. The summed E-state index contributed by atoms with van der Waals surface area (Å²) in [5, 5.41) is 9.17. The molecule has 0 amide bonds. The van der Waals surface area contributed by atoms with Gasteiger partial charge >= 0.3 is 0 Å². The van der Waals surface area contributed by atoms with Crippen molar-refractivity contribution in [3.05, 3.63) is 52.7 Å². The molecule has 1 heterocycles. The van der Waals surface area contributed by atoms with Crippen molar-refractivity contribution in [2.45, 2.75) is 26.2 Å². The summed E-state index contributed by atoms with van der Waals surface area (Å²) in [6.45, 7) is 6.40. The highest BCUT2D eigenvalue weighted by Crippen LogP contribution is 2.31. The lowest BCUT2D eigenvalue weighted by atomic mass is 9.87. The van der Waals surface area contributed by atoms with Gasteiger partial charge in [0.05, 0.1) is 5.56 Å². The smallest absolute Gasteiger partial charge is 0.239 e. The van der Waals surface area contributed by atoms with E-state index < -0.39 is 0 Å². The lowest BCUT2D eigenvalue weighted by Crippen LogP contribution is -2.10. The van der Waals surface area contributed by atoms with Crippen molar-refractivity contribution in [2.75, 3.05) is 0 Å². The Labute approximate surface area is 123 Å². The Kier molecular flexibility index (Phi) is 3.96. The van der Waals surface area contributed by atoms with Gasteiger partial charge in [0.1, 0.15) is 16.8 Å². The van der Waals surface area contributed by atoms with Crippen molar-refractivity contribution in [1.29, 1.82) is 5.26 Å². The highest BCUT2D eigenvalue weighted by Gasteiger charge is 2.15. The van der Waals surface area contributed by atoms with Gasteiger partial charge in [-0.25, -0.2) is 4.98 Å².